The summed E-state index contributed by atoms with van der Waals surface area (Å²) in [6.45, 7) is 11.3. The second-order valence-electron chi connectivity index (χ2n) is 6.20. The van der Waals surface area contributed by atoms with Crippen molar-refractivity contribution in [3.8, 4) is 0 Å². The SMILES string of the molecule is CC(C)C[C@H](CN)Cc1nc(C(C)(C)C)no1. The lowest BCUT2D eigenvalue weighted by Crippen LogP contribution is -2.19. The molecule has 1 aromatic rings. The molecule has 1 aromatic heterocycles. The molecule has 0 aliphatic heterocycles. The lowest BCUT2D eigenvalue weighted by Gasteiger charge is -2.14. The molecule has 4 heteroatoms. The Kier molecular flexibility index (Phi) is 4.69. The van der Waals surface area contributed by atoms with Gasteiger partial charge in [0.2, 0.25) is 5.89 Å². The molecular weight excluding hydrogens is 214 g/mol. The molecule has 0 fully saturated rings. The Bertz CT molecular complexity index is 339. The monoisotopic (exact) mass is 239 g/mol. The number of nitrogens with zero attached hydrogens (tertiary/aromatic N) is 2. The molecule has 0 aromatic carbocycles. The van der Waals surface area contributed by atoms with Gasteiger partial charge >= 0.3 is 0 Å². The van der Waals surface area contributed by atoms with Crippen molar-refractivity contribution < 1.29 is 4.52 Å². The van der Waals surface area contributed by atoms with Crippen LogP contribution in [0, 0.1) is 11.8 Å². The minimum absolute atomic E-state index is 0.0575. The fourth-order valence-electron chi connectivity index (χ4n) is 1.82. The first-order chi connectivity index (χ1) is 7.82. The van der Waals surface area contributed by atoms with Crippen LogP contribution < -0.4 is 5.73 Å². The van der Waals surface area contributed by atoms with Crippen LogP contribution in [0.4, 0.5) is 0 Å². The third kappa shape index (κ3) is 4.46. The predicted octanol–water partition coefficient (Wildman–Crippen LogP) is 2.53. The third-order valence-corrected chi connectivity index (χ3v) is 2.74. The normalized spacial score (nSPS) is 14.3. The van der Waals surface area contributed by atoms with E-state index in [1.807, 2.05) is 0 Å². The highest BCUT2D eigenvalue weighted by Gasteiger charge is 2.22. The van der Waals surface area contributed by atoms with Crippen LogP contribution in [0.25, 0.3) is 0 Å². The summed E-state index contributed by atoms with van der Waals surface area (Å²) in [4.78, 5) is 4.44. The number of nitrogens with two attached hydrogens (primary N) is 1. The van der Waals surface area contributed by atoms with Crippen molar-refractivity contribution in [2.45, 2.75) is 52.9 Å². The lowest BCUT2D eigenvalue weighted by atomic mass is 9.94. The van der Waals surface area contributed by atoms with Crippen LogP contribution in [0.15, 0.2) is 4.52 Å². The molecule has 0 amide bonds. The molecule has 0 aliphatic carbocycles. The average Bonchev–Trinajstić information content (AvgIpc) is 2.63. The largest absolute Gasteiger partial charge is 0.339 e. The highest BCUT2D eigenvalue weighted by Crippen LogP contribution is 2.20. The first-order valence-corrected chi connectivity index (χ1v) is 6.36. The summed E-state index contributed by atoms with van der Waals surface area (Å²) in [6, 6.07) is 0. The van der Waals surface area contributed by atoms with Gasteiger partial charge in [0, 0.05) is 11.8 Å². The number of rotatable bonds is 5. The molecule has 1 atom stereocenters. The molecule has 0 saturated carbocycles. The zero-order valence-corrected chi connectivity index (χ0v) is 11.7. The van der Waals surface area contributed by atoms with E-state index in [1.54, 1.807) is 0 Å². The summed E-state index contributed by atoms with van der Waals surface area (Å²) in [5.41, 5.74) is 5.71. The van der Waals surface area contributed by atoms with Crippen molar-refractivity contribution in [2.24, 2.45) is 17.6 Å². The van der Waals surface area contributed by atoms with Crippen molar-refractivity contribution in [1.82, 2.24) is 10.1 Å². The molecular formula is C13H25N3O. The second kappa shape index (κ2) is 5.63. The maximum absolute atomic E-state index is 5.77. The molecule has 0 aliphatic rings. The van der Waals surface area contributed by atoms with E-state index < -0.39 is 0 Å². The van der Waals surface area contributed by atoms with Crippen LogP contribution in [-0.4, -0.2) is 16.7 Å². The van der Waals surface area contributed by atoms with Gasteiger partial charge in [-0.15, -0.1) is 0 Å². The van der Waals surface area contributed by atoms with E-state index in [-0.39, 0.29) is 5.41 Å². The van der Waals surface area contributed by atoms with Gasteiger partial charge in [0.05, 0.1) is 0 Å². The van der Waals surface area contributed by atoms with Gasteiger partial charge in [0.15, 0.2) is 5.82 Å². The molecule has 0 unspecified atom stereocenters. The number of hydrogen-bond donors (Lipinski definition) is 1. The Labute approximate surface area is 104 Å². The average molecular weight is 239 g/mol. The molecule has 4 nitrogen and oxygen atoms in total. The van der Waals surface area contributed by atoms with E-state index in [0.29, 0.717) is 24.3 Å². The second-order valence-corrected chi connectivity index (χ2v) is 6.20. The third-order valence-electron chi connectivity index (χ3n) is 2.74. The van der Waals surface area contributed by atoms with Gasteiger partial charge in [-0.25, -0.2) is 0 Å². The van der Waals surface area contributed by atoms with Crippen LogP contribution >= 0.6 is 0 Å². The zero-order valence-electron chi connectivity index (χ0n) is 11.7. The van der Waals surface area contributed by atoms with Gasteiger partial charge in [-0.1, -0.05) is 39.8 Å². The van der Waals surface area contributed by atoms with E-state index in [0.717, 1.165) is 18.7 Å². The molecule has 0 spiro atoms. The minimum Gasteiger partial charge on any atom is -0.339 e. The molecule has 0 saturated heterocycles. The van der Waals surface area contributed by atoms with Crippen molar-refractivity contribution in [2.75, 3.05) is 6.54 Å². The van der Waals surface area contributed by atoms with Crippen molar-refractivity contribution in [3.05, 3.63) is 11.7 Å². The smallest absolute Gasteiger partial charge is 0.226 e. The van der Waals surface area contributed by atoms with Gasteiger partial charge in [0.1, 0.15) is 0 Å². The topological polar surface area (TPSA) is 64.9 Å². The zero-order chi connectivity index (χ0) is 13.1. The fourth-order valence-corrected chi connectivity index (χ4v) is 1.82. The van der Waals surface area contributed by atoms with E-state index in [2.05, 4.69) is 44.8 Å². The Morgan fingerprint density at radius 2 is 1.94 bits per heavy atom. The fraction of sp³-hybridized carbons (Fsp3) is 0.846. The molecule has 1 rings (SSSR count). The van der Waals surface area contributed by atoms with Crippen molar-refractivity contribution in [3.63, 3.8) is 0 Å². The Morgan fingerprint density at radius 3 is 2.35 bits per heavy atom. The van der Waals surface area contributed by atoms with Crippen molar-refractivity contribution in [1.29, 1.82) is 0 Å². The summed E-state index contributed by atoms with van der Waals surface area (Å²) in [7, 11) is 0. The van der Waals surface area contributed by atoms with Gasteiger partial charge in [-0.3, -0.25) is 0 Å². The Balaban J connectivity index is 2.65. The maximum atomic E-state index is 5.77. The first-order valence-electron chi connectivity index (χ1n) is 6.36. The molecule has 17 heavy (non-hydrogen) atoms. The molecule has 0 bridgehead atoms. The summed E-state index contributed by atoms with van der Waals surface area (Å²) in [5.74, 6) is 2.57. The van der Waals surface area contributed by atoms with E-state index in [4.69, 9.17) is 10.3 Å². The van der Waals surface area contributed by atoms with Gasteiger partial charge in [-0.2, -0.15) is 4.98 Å². The van der Waals surface area contributed by atoms with Gasteiger partial charge in [-0.05, 0) is 24.8 Å². The standard InChI is InChI=1S/C13H25N3O/c1-9(2)6-10(8-14)7-11-15-12(16-17-11)13(3,4)5/h9-10H,6-8,14H2,1-5H3/t10-/m0/s1. The van der Waals surface area contributed by atoms with Crippen molar-refractivity contribution >= 4 is 0 Å². The maximum Gasteiger partial charge on any atom is 0.226 e. The lowest BCUT2D eigenvalue weighted by molar-refractivity contribution is 0.326. The Hall–Kier alpha value is -0.900. The van der Waals surface area contributed by atoms with Crippen LogP contribution in [0.3, 0.4) is 0 Å². The summed E-state index contributed by atoms with van der Waals surface area (Å²) >= 11 is 0. The van der Waals surface area contributed by atoms with Crippen LogP contribution in [0.5, 0.6) is 0 Å². The summed E-state index contributed by atoms with van der Waals surface area (Å²) in [5, 5.41) is 4.03. The van der Waals surface area contributed by atoms with Crippen LogP contribution in [0.2, 0.25) is 0 Å². The molecule has 98 valence electrons. The Morgan fingerprint density at radius 1 is 1.29 bits per heavy atom. The van der Waals surface area contributed by atoms with Crippen LogP contribution in [0.1, 0.15) is 52.8 Å². The van der Waals surface area contributed by atoms with Gasteiger partial charge in [0.25, 0.3) is 0 Å². The number of aromatic nitrogens is 2. The quantitative estimate of drug-likeness (QED) is 0.857. The molecule has 2 N–H and O–H groups in total. The molecule has 1 heterocycles. The number of hydrogen-bond acceptors (Lipinski definition) is 4. The summed E-state index contributed by atoms with van der Waals surface area (Å²) < 4.78 is 5.29. The predicted molar refractivity (Wildman–Crippen MR) is 68.7 cm³/mol. The van der Waals surface area contributed by atoms with E-state index >= 15 is 0 Å². The minimum atomic E-state index is -0.0575. The first kappa shape index (κ1) is 14.2. The highest BCUT2D eigenvalue weighted by molar-refractivity contribution is 5.00. The van der Waals surface area contributed by atoms with Gasteiger partial charge < -0.3 is 10.3 Å². The molecule has 0 radical (unpaired) electrons. The van der Waals surface area contributed by atoms with Crippen LogP contribution in [-0.2, 0) is 11.8 Å². The van der Waals surface area contributed by atoms with E-state index in [9.17, 15) is 0 Å². The van der Waals surface area contributed by atoms with E-state index in [1.165, 1.54) is 0 Å². The highest BCUT2D eigenvalue weighted by atomic mass is 16.5. The summed E-state index contributed by atoms with van der Waals surface area (Å²) in [6.07, 6.45) is 1.89.